The van der Waals surface area contributed by atoms with Crippen molar-refractivity contribution in [2.75, 3.05) is 0 Å². The second-order valence-corrected chi connectivity index (χ2v) is 7.15. The molecule has 1 rings (SSSR count). The normalized spacial score (nSPS) is 17.8. The summed E-state index contributed by atoms with van der Waals surface area (Å²) in [5.74, 6) is 0. The van der Waals surface area contributed by atoms with E-state index in [4.69, 9.17) is 0 Å². The third-order valence-corrected chi connectivity index (χ3v) is 4.88. The summed E-state index contributed by atoms with van der Waals surface area (Å²) in [5.41, 5.74) is 3.20. The first-order valence-corrected chi connectivity index (χ1v) is 7.70. The average molecular weight is 171 g/mol. The molecule has 0 atom stereocenters. The molecule has 0 saturated carbocycles. The predicted molar refractivity (Wildman–Crippen MR) is 42.8 cm³/mol. The second-order valence-electron chi connectivity index (χ2n) is 3.25. The summed E-state index contributed by atoms with van der Waals surface area (Å²) in [5, 5.41) is 4.86. The van der Waals surface area contributed by atoms with Gasteiger partial charge < -0.3 is 0 Å². The van der Waals surface area contributed by atoms with Crippen molar-refractivity contribution in [1.29, 1.82) is 0 Å². The minimum absolute atomic E-state index is 0.774. The molecule has 0 bridgehead atoms. The van der Waals surface area contributed by atoms with E-state index in [1.54, 1.807) is 15.0 Å². The van der Waals surface area contributed by atoms with Gasteiger partial charge in [-0.05, 0) is 0 Å². The predicted octanol–water partition coefficient (Wildman–Crippen LogP) is 3.32. The standard InChI is InChI=1S/C7H9.2CH3.Ti/c1-6-3-4-7(2)5-6;;;/h3H,4H2,1-2H3;2*1H3;. The summed E-state index contributed by atoms with van der Waals surface area (Å²) < 4.78 is 1.75. The molecule has 0 radical (unpaired) electrons. The van der Waals surface area contributed by atoms with E-state index in [1.165, 1.54) is 6.42 Å². The van der Waals surface area contributed by atoms with Crippen molar-refractivity contribution in [3.05, 3.63) is 21.1 Å². The molecular formula is C9H15Ti. The van der Waals surface area contributed by atoms with Crippen LogP contribution in [-0.2, 0) is 17.9 Å². The van der Waals surface area contributed by atoms with Crippen molar-refractivity contribution >= 4 is 0 Å². The van der Waals surface area contributed by atoms with Crippen LogP contribution < -0.4 is 0 Å². The van der Waals surface area contributed by atoms with Gasteiger partial charge in [-0.3, -0.25) is 0 Å². The van der Waals surface area contributed by atoms with Crippen molar-refractivity contribution in [1.82, 2.24) is 0 Å². The van der Waals surface area contributed by atoms with E-state index in [9.17, 15) is 0 Å². The molecule has 10 heavy (non-hydrogen) atoms. The molecular weight excluding hydrogens is 156 g/mol. The Morgan fingerprint density at radius 2 is 1.90 bits per heavy atom. The van der Waals surface area contributed by atoms with Crippen LogP contribution in [0.5, 0.6) is 0 Å². The molecule has 55 valence electrons. The van der Waals surface area contributed by atoms with E-state index >= 15 is 0 Å². The van der Waals surface area contributed by atoms with E-state index < -0.39 is 17.9 Å². The van der Waals surface area contributed by atoms with Gasteiger partial charge in [0.2, 0.25) is 0 Å². The van der Waals surface area contributed by atoms with Crippen LogP contribution in [0.25, 0.3) is 0 Å². The van der Waals surface area contributed by atoms with Crippen LogP contribution in [0.15, 0.2) is 21.1 Å². The zero-order valence-electron chi connectivity index (χ0n) is 7.28. The summed E-state index contributed by atoms with van der Waals surface area (Å²) in [6, 6.07) is 0. The quantitative estimate of drug-likeness (QED) is 0.531. The molecule has 1 heteroatoms. The van der Waals surface area contributed by atoms with E-state index in [1.807, 2.05) is 0 Å². The average Bonchev–Trinajstić information content (AvgIpc) is 2.11. The number of hydrogen-bond acceptors (Lipinski definition) is 0. The van der Waals surface area contributed by atoms with Gasteiger partial charge in [-0.2, -0.15) is 0 Å². The third-order valence-electron chi connectivity index (χ3n) is 2.04. The molecule has 1 aliphatic carbocycles. The number of rotatable bonds is 1. The number of hydrogen-bond donors (Lipinski definition) is 0. The van der Waals surface area contributed by atoms with E-state index in [0.29, 0.717) is 0 Å². The van der Waals surface area contributed by atoms with Gasteiger partial charge in [-0.1, -0.05) is 0 Å². The molecule has 0 saturated heterocycles. The SMILES string of the molecule is CC1=CCC(C)=[C]1[Ti]([CH3])[CH3]. The molecule has 0 heterocycles. The maximum atomic E-state index is 2.43. The van der Waals surface area contributed by atoms with Crippen LogP contribution in [0.4, 0.5) is 0 Å². The van der Waals surface area contributed by atoms with Gasteiger partial charge in [0.05, 0.1) is 0 Å². The van der Waals surface area contributed by atoms with Gasteiger partial charge in [-0.25, -0.2) is 0 Å². The topological polar surface area (TPSA) is 0 Å². The molecule has 0 aromatic rings. The molecule has 0 spiro atoms. The van der Waals surface area contributed by atoms with Crippen LogP contribution in [0, 0.1) is 0 Å². The van der Waals surface area contributed by atoms with Crippen molar-refractivity contribution in [3.8, 4) is 0 Å². The molecule has 0 N–H and O–H groups in total. The summed E-state index contributed by atoms with van der Waals surface area (Å²) in [6.45, 7) is 4.54. The van der Waals surface area contributed by atoms with Gasteiger partial charge >= 0.3 is 69.7 Å². The maximum absolute atomic E-state index is 2.43. The Kier molecular flexibility index (Phi) is 2.54. The van der Waals surface area contributed by atoms with Gasteiger partial charge in [0.15, 0.2) is 0 Å². The Hall–Kier alpha value is 0.194. The Balaban J connectivity index is 2.90. The summed E-state index contributed by atoms with van der Waals surface area (Å²) in [4.78, 5) is 0. The van der Waals surface area contributed by atoms with Crippen molar-refractivity contribution < 1.29 is 17.9 Å². The monoisotopic (exact) mass is 171 g/mol. The van der Waals surface area contributed by atoms with Crippen LogP contribution in [0.3, 0.4) is 0 Å². The molecule has 0 aromatic heterocycles. The van der Waals surface area contributed by atoms with Gasteiger partial charge in [0, 0.05) is 0 Å². The Labute approximate surface area is 69.9 Å². The van der Waals surface area contributed by atoms with Crippen molar-refractivity contribution in [2.24, 2.45) is 0 Å². The summed E-state index contributed by atoms with van der Waals surface area (Å²) in [6.07, 6.45) is 3.59. The molecule has 0 amide bonds. The molecule has 0 unspecified atom stereocenters. The Morgan fingerprint density at radius 3 is 2.10 bits per heavy atom. The van der Waals surface area contributed by atoms with Crippen molar-refractivity contribution in [2.45, 2.75) is 30.7 Å². The van der Waals surface area contributed by atoms with E-state index in [-0.39, 0.29) is 0 Å². The van der Waals surface area contributed by atoms with Crippen LogP contribution in [0.2, 0.25) is 10.5 Å². The fraction of sp³-hybridized carbons (Fsp3) is 0.556. The first-order valence-electron chi connectivity index (χ1n) is 3.80. The minimum atomic E-state index is -0.774. The summed E-state index contributed by atoms with van der Waals surface area (Å²) in [7, 11) is 0. The summed E-state index contributed by atoms with van der Waals surface area (Å²) >= 11 is -0.774. The first kappa shape index (κ1) is 8.29. The number of allylic oxidation sites excluding steroid dienone is 4. The molecule has 1 aliphatic rings. The van der Waals surface area contributed by atoms with Crippen LogP contribution in [-0.4, -0.2) is 0 Å². The molecule has 0 nitrogen and oxygen atoms in total. The zero-order valence-corrected chi connectivity index (χ0v) is 8.85. The van der Waals surface area contributed by atoms with E-state index in [0.717, 1.165) is 0 Å². The fourth-order valence-electron chi connectivity index (χ4n) is 1.67. The molecule has 0 aromatic carbocycles. The Bertz CT molecular complexity index is 197. The van der Waals surface area contributed by atoms with Gasteiger partial charge in [-0.15, -0.1) is 0 Å². The zero-order chi connectivity index (χ0) is 7.72. The molecule has 0 aliphatic heterocycles. The van der Waals surface area contributed by atoms with Gasteiger partial charge in [0.1, 0.15) is 0 Å². The third kappa shape index (κ3) is 1.43. The first-order chi connectivity index (χ1) is 4.63. The molecule has 0 fully saturated rings. The Morgan fingerprint density at radius 1 is 1.30 bits per heavy atom. The van der Waals surface area contributed by atoms with Crippen LogP contribution in [0.1, 0.15) is 20.3 Å². The van der Waals surface area contributed by atoms with E-state index in [2.05, 4.69) is 30.4 Å². The fourth-order valence-corrected chi connectivity index (χ4v) is 4.55. The van der Waals surface area contributed by atoms with Crippen molar-refractivity contribution in [3.63, 3.8) is 0 Å². The van der Waals surface area contributed by atoms with Gasteiger partial charge in [0.25, 0.3) is 0 Å². The van der Waals surface area contributed by atoms with Crippen LogP contribution >= 0.6 is 0 Å². The second kappa shape index (κ2) is 3.06.